The second-order valence-electron chi connectivity index (χ2n) is 6.11. The van der Waals surface area contributed by atoms with Crippen LogP contribution in [0, 0.1) is 0 Å². The van der Waals surface area contributed by atoms with E-state index < -0.39 is 0 Å². The predicted octanol–water partition coefficient (Wildman–Crippen LogP) is 2.51. The molecule has 0 bridgehead atoms. The monoisotopic (exact) mass is 375 g/mol. The summed E-state index contributed by atoms with van der Waals surface area (Å²) in [6.45, 7) is 5.02. The second-order valence-corrected chi connectivity index (χ2v) is 7.31. The average molecular weight is 376 g/mol. The van der Waals surface area contributed by atoms with E-state index >= 15 is 0 Å². The topological polar surface area (TPSA) is 61.8 Å². The second kappa shape index (κ2) is 10.8. The van der Waals surface area contributed by atoms with Gasteiger partial charge in [-0.3, -0.25) is 4.99 Å². The van der Waals surface area contributed by atoms with Crippen molar-refractivity contribution in [2.75, 3.05) is 34.3 Å². The lowest BCUT2D eigenvalue weighted by atomic mass is 10.2. The average Bonchev–Trinajstić information content (AvgIpc) is 3.11. The van der Waals surface area contributed by atoms with Crippen molar-refractivity contribution in [3.8, 4) is 5.75 Å². The number of aliphatic imine (C=N–C) groups is 1. The van der Waals surface area contributed by atoms with Crippen LogP contribution in [-0.2, 0) is 19.5 Å². The number of para-hydroxylation sites is 1. The Morgan fingerprint density at radius 1 is 1.23 bits per heavy atom. The number of likely N-dealkylation sites (N-methyl/N-ethyl adjacent to an activating group) is 1. The van der Waals surface area contributed by atoms with Gasteiger partial charge in [0.05, 0.1) is 6.54 Å². The quantitative estimate of drug-likeness (QED) is 0.521. The number of nitrogens with one attached hydrogen (secondary N) is 2. The fourth-order valence-corrected chi connectivity index (χ4v) is 3.08. The molecule has 0 unspecified atom stereocenters. The van der Waals surface area contributed by atoms with Gasteiger partial charge in [-0.1, -0.05) is 25.1 Å². The summed E-state index contributed by atoms with van der Waals surface area (Å²) in [4.78, 5) is 12.1. The van der Waals surface area contributed by atoms with E-state index in [4.69, 9.17) is 4.74 Å². The lowest BCUT2D eigenvalue weighted by Gasteiger charge is -2.15. The molecule has 1 aromatic heterocycles. The molecule has 2 aromatic rings. The number of nitrogens with zero attached hydrogens (tertiary/aromatic N) is 3. The van der Waals surface area contributed by atoms with Crippen LogP contribution in [-0.4, -0.2) is 50.1 Å². The van der Waals surface area contributed by atoms with Crippen molar-refractivity contribution >= 4 is 17.3 Å². The molecular formula is C19H29N5OS. The summed E-state index contributed by atoms with van der Waals surface area (Å²) in [6, 6.07) is 8.09. The smallest absolute Gasteiger partial charge is 0.191 e. The normalized spacial score (nSPS) is 11.7. The molecule has 1 heterocycles. The molecule has 0 fully saturated rings. The zero-order valence-electron chi connectivity index (χ0n) is 16.1. The first-order valence-electron chi connectivity index (χ1n) is 8.86. The predicted molar refractivity (Wildman–Crippen MR) is 109 cm³/mol. The summed E-state index contributed by atoms with van der Waals surface area (Å²) < 4.78 is 5.91. The number of thiazole rings is 1. The van der Waals surface area contributed by atoms with Crippen LogP contribution in [0.1, 0.15) is 22.4 Å². The molecule has 1 aromatic carbocycles. The Morgan fingerprint density at radius 3 is 2.69 bits per heavy atom. The molecule has 2 N–H and O–H groups in total. The first kappa shape index (κ1) is 20.2. The van der Waals surface area contributed by atoms with Gasteiger partial charge in [0, 0.05) is 36.8 Å². The summed E-state index contributed by atoms with van der Waals surface area (Å²) in [5.41, 5.74) is 1.11. The fraction of sp³-hybridized carbons (Fsp3) is 0.474. The highest BCUT2D eigenvalue weighted by Crippen LogP contribution is 2.17. The fourth-order valence-electron chi connectivity index (χ4n) is 2.28. The number of rotatable bonds is 9. The maximum absolute atomic E-state index is 5.91. The number of hydrogen-bond acceptors (Lipinski definition) is 5. The van der Waals surface area contributed by atoms with Gasteiger partial charge in [0.2, 0.25) is 0 Å². The SMILES string of the molecule is CCc1cnc(CNC(=NC)NCc2ccccc2OCCN(C)C)s1. The highest BCUT2D eigenvalue weighted by molar-refractivity contribution is 7.11. The first-order chi connectivity index (χ1) is 12.6. The largest absolute Gasteiger partial charge is 0.492 e. The number of aromatic nitrogens is 1. The number of aryl methyl sites for hydroxylation is 1. The van der Waals surface area contributed by atoms with E-state index in [0.717, 1.165) is 35.2 Å². The zero-order chi connectivity index (χ0) is 18.8. The van der Waals surface area contributed by atoms with Crippen LogP contribution in [0.25, 0.3) is 0 Å². The lowest BCUT2D eigenvalue weighted by molar-refractivity contribution is 0.259. The Morgan fingerprint density at radius 2 is 2.00 bits per heavy atom. The van der Waals surface area contributed by atoms with E-state index in [2.05, 4.69) is 38.5 Å². The Kier molecular flexibility index (Phi) is 8.37. The summed E-state index contributed by atoms with van der Waals surface area (Å²) in [5, 5.41) is 7.72. The summed E-state index contributed by atoms with van der Waals surface area (Å²) in [7, 11) is 5.85. The van der Waals surface area contributed by atoms with Crippen molar-refractivity contribution in [3.63, 3.8) is 0 Å². The Labute approximate surface area is 160 Å². The zero-order valence-corrected chi connectivity index (χ0v) is 16.9. The van der Waals surface area contributed by atoms with Crippen molar-refractivity contribution < 1.29 is 4.74 Å². The molecule has 0 spiro atoms. The van der Waals surface area contributed by atoms with E-state index in [9.17, 15) is 0 Å². The molecule has 7 heteroatoms. The van der Waals surface area contributed by atoms with Gasteiger partial charge < -0.3 is 20.3 Å². The van der Waals surface area contributed by atoms with Crippen molar-refractivity contribution in [1.29, 1.82) is 0 Å². The van der Waals surface area contributed by atoms with E-state index in [-0.39, 0.29) is 0 Å². The van der Waals surface area contributed by atoms with Crippen LogP contribution < -0.4 is 15.4 Å². The maximum atomic E-state index is 5.91. The van der Waals surface area contributed by atoms with Crippen LogP contribution in [0.15, 0.2) is 35.5 Å². The Bertz CT molecular complexity index is 699. The van der Waals surface area contributed by atoms with Gasteiger partial charge in [0.15, 0.2) is 5.96 Å². The minimum Gasteiger partial charge on any atom is -0.492 e. The Hall–Kier alpha value is -2.12. The highest BCUT2D eigenvalue weighted by atomic mass is 32.1. The van der Waals surface area contributed by atoms with Gasteiger partial charge in [0.25, 0.3) is 0 Å². The van der Waals surface area contributed by atoms with Crippen LogP contribution in [0.4, 0.5) is 0 Å². The van der Waals surface area contributed by atoms with E-state index in [0.29, 0.717) is 19.7 Å². The maximum Gasteiger partial charge on any atom is 0.191 e. The molecular weight excluding hydrogens is 346 g/mol. The first-order valence-corrected chi connectivity index (χ1v) is 9.67. The van der Waals surface area contributed by atoms with Gasteiger partial charge >= 0.3 is 0 Å². The van der Waals surface area contributed by atoms with Gasteiger partial charge in [-0.2, -0.15) is 0 Å². The summed E-state index contributed by atoms with van der Waals surface area (Å²) in [6.07, 6.45) is 2.97. The Balaban J connectivity index is 1.85. The van der Waals surface area contributed by atoms with Crippen LogP contribution in [0.5, 0.6) is 5.75 Å². The molecule has 0 saturated carbocycles. The van der Waals surface area contributed by atoms with Gasteiger partial charge in [-0.15, -0.1) is 11.3 Å². The van der Waals surface area contributed by atoms with E-state index in [1.807, 2.05) is 38.5 Å². The lowest BCUT2D eigenvalue weighted by Crippen LogP contribution is -2.36. The van der Waals surface area contributed by atoms with E-state index in [1.165, 1.54) is 4.88 Å². The molecule has 6 nitrogen and oxygen atoms in total. The van der Waals surface area contributed by atoms with Gasteiger partial charge in [0.1, 0.15) is 17.4 Å². The molecule has 2 rings (SSSR count). The molecule has 0 amide bonds. The van der Waals surface area contributed by atoms with Crippen LogP contribution >= 0.6 is 11.3 Å². The molecule has 142 valence electrons. The van der Waals surface area contributed by atoms with Crippen molar-refractivity contribution in [2.45, 2.75) is 26.4 Å². The third-order valence-corrected chi connectivity index (χ3v) is 4.94. The van der Waals surface area contributed by atoms with Crippen LogP contribution in [0.2, 0.25) is 0 Å². The summed E-state index contributed by atoms with van der Waals surface area (Å²) in [5.74, 6) is 1.66. The number of hydrogen-bond donors (Lipinski definition) is 2. The number of benzene rings is 1. The number of ether oxygens (including phenoxy) is 1. The van der Waals surface area contributed by atoms with Crippen molar-refractivity contribution in [3.05, 3.63) is 45.9 Å². The third-order valence-electron chi connectivity index (χ3n) is 3.80. The van der Waals surface area contributed by atoms with Gasteiger partial charge in [-0.05, 0) is 26.6 Å². The molecule has 26 heavy (non-hydrogen) atoms. The third kappa shape index (κ3) is 6.65. The summed E-state index contributed by atoms with van der Waals surface area (Å²) >= 11 is 1.73. The molecule has 0 aliphatic heterocycles. The minimum absolute atomic E-state index is 0.649. The molecule has 0 saturated heterocycles. The van der Waals surface area contributed by atoms with Crippen molar-refractivity contribution in [1.82, 2.24) is 20.5 Å². The molecule has 0 aliphatic rings. The molecule has 0 aliphatic carbocycles. The highest BCUT2D eigenvalue weighted by Gasteiger charge is 2.06. The van der Waals surface area contributed by atoms with E-state index in [1.54, 1.807) is 18.4 Å². The van der Waals surface area contributed by atoms with Crippen LogP contribution in [0.3, 0.4) is 0 Å². The number of guanidine groups is 1. The van der Waals surface area contributed by atoms with Crippen molar-refractivity contribution in [2.24, 2.45) is 4.99 Å². The molecule has 0 radical (unpaired) electrons. The standard InChI is InChI=1S/C19H29N5OS/c1-5-16-13-21-18(26-16)14-23-19(20-2)22-12-15-8-6-7-9-17(15)25-11-10-24(3)4/h6-9,13H,5,10-12,14H2,1-4H3,(H2,20,22,23). The minimum atomic E-state index is 0.649. The molecule has 0 atom stereocenters. The van der Waals surface area contributed by atoms with Gasteiger partial charge in [-0.25, -0.2) is 4.98 Å².